The first-order valence-electron chi connectivity index (χ1n) is 6.22. The minimum Gasteiger partial charge on any atom is -0.389 e. The van der Waals surface area contributed by atoms with Crippen molar-refractivity contribution in [3.63, 3.8) is 0 Å². The Bertz CT molecular complexity index is 566. The summed E-state index contributed by atoms with van der Waals surface area (Å²) in [6, 6.07) is 14.6. The lowest BCUT2D eigenvalue weighted by atomic mass is 10.1. The maximum absolute atomic E-state index is 9.84. The van der Waals surface area contributed by atoms with Gasteiger partial charge in [0.15, 0.2) is 0 Å². The fourth-order valence-corrected chi connectivity index (χ4v) is 3.38. The number of aryl methyl sites for hydroxylation is 1. The van der Waals surface area contributed by atoms with E-state index in [1.54, 1.807) is 18.7 Å². The van der Waals surface area contributed by atoms with Crippen LogP contribution in [-0.2, 0) is 5.75 Å². The second-order valence-corrected chi connectivity index (χ2v) is 6.57. The minimum atomic E-state index is -0.447. The van der Waals surface area contributed by atoms with Gasteiger partial charge in [-0.25, -0.2) is 0 Å². The van der Waals surface area contributed by atoms with Gasteiger partial charge in [-0.2, -0.15) is 0 Å². The van der Waals surface area contributed by atoms with E-state index >= 15 is 0 Å². The van der Waals surface area contributed by atoms with E-state index in [0.717, 1.165) is 20.7 Å². The zero-order valence-electron chi connectivity index (χ0n) is 11.1. The van der Waals surface area contributed by atoms with Crippen LogP contribution in [0.15, 0.2) is 51.8 Å². The minimum absolute atomic E-state index is 0.447. The fraction of sp³-hybridized carbons (Fsp3) is 0.250. The third-order valence-corrected chi connectivity index (χ3v) is 4.55. The zero-order chi connectivity index (χ0) is 13.8. The summed E-state index contributed by atoms with van der Waals surface area (Å²) in [4.78, 5) is 1.14. The quantitative estimate of drug-likeness (QED) is 0.783. The molecule has 0 saturated carbocycles. The van der Waals surface area contributed by atoms with Crippen LogP contribution in [-0.4, -0.2) is 5.11 Å². The van der Waals surface area contributed by atoms with E-state index in [2.05, 4.69) is 53.2 Å². The smallest absolute Gasteiger partial charge is 0.0773 e. The number of aliphatic hydroxyl groups excluding tert-OH is 1. The second-order valence-electron chi connectivity index (χ2n) is 4.64. The number of rotatable bonds is 4. The van der Waals surface area contributed by atoms with Crippen LogP contribution in [0.25, 0.3) is 0 Å². The Kier molecular flexibility index (Phi) is 5.08. The van der Waals surface area contributed by atoms with E-state index in [0.29, 0.717) is 0 Å². The van der Waals surface area contributed by atoms with Crippen molar-refractivity contribution in [2.75, 3.05) is 0 Å². The van der Waals surface area contributed by atoms with Crippen molar-refractivity contribution in [1.29, 1.82) is 0 Å². The van der Waals surface area contributed by atoms with Crippen molar-refractivity contribution in [3.05, 3.63) is 63.6 Å². The van der Waals surface area contributed by atoms with Crippen LogP contribution in [0.2, 0.25) is 0 Å². The van der Waals surface area contributed by atoms with Gasteiger partial charge in [0.2, 0.25) is 0 Å². The Labute approximate surface area is 127 Å². The predicted octanol–water partition coefficient (Wildman–Crippen LogP) is 5.10. The van der Waals surface area contributed by atoms with Gasteiger partial charge in [0.05, 0.1) is 6.10 Å². The molecular formula is C16H17BrOS. The summed E-state index contributed by atoms with van der Waals surface area (Å²) in [5.41, 5.74) is 3.57. The zero-order valence-corrected chi connectivity index (χ0v) is 13.5. The summed E-state index contributed by atoms with van der Waals surface area (Å²) in [6.45, 7) is 3.91. The van der Waals surface area contributed by atoms with Gasteiger partial charge in [-0.3, -0.25) is 0 Å². The highest BCUT2D eigenvalue weighted by Crippen LogP contribution is 2.32. The molecule has 0 aliphatic heterocycles. The van der Waals surface area contributed by atoms with Crippen molar-refractivity contribution in [2.45, 2.75) is 30.6 Å². The molecule has 0 heterocycles. The van der Waals surface area contributed by atoms with Gasteiger partial charge < -0.3 is 5.11 Å². The number of thioether (sulfide) groups is 1. The molecule has 0 bridgehead atoms. The van der Waals surface area contributed by atoms with Gasteiger partial charge >= 0.3 is 0 Å². The van der Waals surface area contributed by atoms with E-state index in [9.17, 15) is 5.11 Å². The average molecular weight is 337 g/mol. The highest BCUT2D eigenvalue weighted by atomic mass is 79.9. The van der Waals surface area contributed by atoms with E-state index < -0.39 is 6.10 Å². The van der Waals surface area contributed by atoms with Crippen molar-refractivity contribution in [3.8, 4) is 0 Å². The van der Waals surface area contributed by atoms with Crippen LogP contribution in [0.3, 0.4) is 0 Å². The normalized spacial score (nSPS) is 12.4. The molecule has 0 amide bonds. The monoisotopic (exact) mass is 336 g/mol. The molecule has 3 heteroatoms. The molecule has 2 aromatic carbocycles. The number of halogens is 1. The molecule has 0 fully saturated rings. The Morgan fingerprint density at radius 1 is 1.21 bits per heavy atom. The molecule has 0 aliphatic carbocycles. The van der Waals surface area contributed by atoms with Crippen LogP contribution in [0, 0.1) is 6.92 Å². The van der Waals surface area contributed by atoms with Gasteiger partial charge in [-0.05, 0) is 43.2 Å². The van der Waals surface area contributed by atoms with Crippen molar-refractivity contribution >= 4 is 27.7 Å². The highest BCUT2D eigenvalue weighted by Gasteiger charge is 2.09. The summed E-state index contributed by atoms with van der Waals surface area (Å²) in [5, 5.41) is 9.84. The number of hydrogen-bond acceptors (Lipinski definition) is 2. The van der Waals surface area contributed by atoms with Crippen LogP contribution in [0.1, 0.15) is 29.7 Å². The topological polar surface area (TPSA) is 20.2 Å². The molecule has 2 rings (SSSR count). The number of aliphatic hydroxyl groups is 1. The molecule has 1 unspecified atom stereocenters. The van der Waals surface area contributed by atoms with Crippen LogP contribution in [0.4, 0.5) is 0 Å². The van der Waals surface area contributed by atoms with Crippen LogP contribution >= 0.6 is 27.7 Å². The Balaban J connectivity index is 2.15. The van der Waals surface area contributed by atoms with Crippen molar-refractivity contribution in [1.82, 2.24) is 0 Å². The summed E-state index contributed by atoms with van der Waals surface area (Å²) in [6.07, 6.45) is -0.447. The SMILES string of the molecule is Cc1cccc(CSc2ccc(Br)cc2C(C)O)c1. The lowest BCUT2D eigenvalue weighted by Gasteiger charge is -2.12. The maximum atomic E-state index is 9.84. The lowest BCUT2D eigenvalue weighted by molar-refractivity contribution is 0.196. The third-order valence-electron chi connectivity index (χ3n) is 2.90. The summed E-state index contributed by atoms with van der Waals surface area (Å²) >= 11 is 5.21. The van der Waals surface area contributed by atoms with Crippen LogP contribution in [0.5, 0.6) is 0 Å². The second kappa shape index (κ2) is 6.60. The molecule has 0 aliphatic rings. The first-order chi connectivity index (χ1) is 9.06. The summed E-state index contributed by atoms with van der Waals surface area (Å²) in [7, 11) is 0. The fourth-order valence-electron chi connectivity index (χ4n) is 1.94. The van der Waals surface area contributed by atoms with Crippen molar-refractivity contribution < 1.29 is 5.11 Å². The van der Waals surface area contributed by atoms with E-state index in [1.165, 1.54) is 11.1 Å². The molecule has 0 saturated heterocycles. The first kappa shape index (κ1) is 14.6. The molecule has 0 radical (unpaired) electrons. The van der Waals surface area contributed by atoms with E-state index in [1.807, 2.05) is 12.1 Å². The van der Waals surface area contributed by atoms with E-state index in [-0.39, 0.29) is 0 Å². The molecule has 2 aromatic rings. The van der Waals surface area contributed by atoms with Gasteiger partial charge in [0, 0.05) is 15.1 Å². The van der Waals surface area contributed by atoms with Gasteiger partial charge in [0.1, 0.15) is 0 Å². The average Bonchev–Trinajstić information content (AvgIpc) is 2.37. The largest absolute Gasteiger partial charge is 0.389 e. The number of benzene rings is 2. The molecule has 1 N–H and O–H groups in total. The van der Waals surface area contributed by atoms with Crippen LogP contribution < -0.4 is 0 Å². The van der Waals surface area contributed by atoms with Crippen molar-refractivity contribution in [2.24, 2.45) is 0 Å². The maximum Gasteiger partial charge on any atom is 0.0773 e. The summed E-state index contributed by atoms with van der Waals surface area (Å²) in [5.74, 6) is 0.920. The third kappa shape index (κ3) is 4.10. The van der Waals surface area contributed by atoms with E-state index in [4.69, 9.17) is 0 Å². The molecule has 1 atom stereocenters. The van der Waals surface area contributed by atoms with Gasteiger partial charge in [0.25, 0.3) is 0 Å². The lowest BCUT2D eigenvalue weighted by Crippen LogP contribution is -1.94. The molecule has 100 valence electrons. The van der Waals surface area contributed by atoms with Gasteiger partial charge in [-0.15, -0.1) is 11.8 Å². The Morgan fingerprint density at radius 3 is 2.68 bits per heavy atom. The Morgan fingerprint density at radius 2 is 2.00 bits per heavy atom. The molecule has 0 spiro atoms. The highest BCUT2D eigenvalue weighted by molar-refractivity contribution is 9.10. The number of hydrogen-bond donors (Lipinski definition) is 1. The standard InChI is InChI=1S/C16H17BrOS/c1-11-4-3-5-13(8-11)10-19-16-7-6-14(17)9-15(16)12(2)18/h3-9,12,18H,10H2,1-2H3. The molecule has 0 aromatic heterocycles. The molecule has 1 nitrogen and oxygen atoms in total. The summed E-state index contributed by atoms with van der Waals surface area (Å²) < 4.78 is 1.00. The van der Waals surface area contributed by atoms with Gasteiger partial charge in [-0.1, -0.05) is 45.8 Å². The Hall–Kier alpha value is -0.770. The predicted molar refractivity (Wildman–Crippen MR) is 85.5 cm³/mol. The first-order valence-corrected chi connectivity index (χ1v) is 8.00. The molecular weight excluding hydrogens is 320 g/mol. The molecule has 19 heavy (non-hydrogen) atoms.